The summed E-state index contributed by atoms with van der Waals surface area (Å²) in [6.45, 7) is 0. The zero-order valence-electron chi connectivity index (χ0n) is 6.08. The Balaban J connectivity index is 0.00000121. The average molecular weight is 262 g/mol. The van der Waals surface area contributed by atoms with Gasteiger partial charge in [-0.2, -0.15) is 0 Å². The molecule has 0 amide bonds. The molecule has 0 fully saturated rings. The summed E-state index contributed by atoms with van der Waals surface area (Å²) < 4.78 is 0. The number of imidazole rings is 1. The third kappa shape index (κ3) is 3.19. The Morgan fingerprint density at radius 1 is 1.83 bits per heavy atom. The Morgan fingerprint density at radius 3 is 2.92 bits per heavy atom. The summed E-state index contributed by atoms with van der Waals surface area (Å²) >= 11 is 0. The van der Waals surface area contributed by atoms with Crippen molar-refractivity contribution in [1.29, 1.82) is 0 Å². The second-order valence-corrected chi connectivity index (χ2v) is 2.19. The molecule has 70 valence electrons. The van der Waals surface area contributed by atoms with Crippen molar-refractivity contribution in [1.82, 2.24) is 9.97 Å². The molecule has 1 aromatic rings. The van der Waals surface area contributed by atoms with Gasteiger partial charge < -0.3 is 20.6 Å². The van der Waals surface area contributed by atoms with E-state index < -0.39 is 12.0 Å². The molecule has 0 unspecified atom stereocenters. The van der Waals surface area contributed by atoms with E-state index in [0.717, 1.165) is 0 Å². The third-order valence-electron chi connectivity index (χ3n) is 1.29. The number of nitrogens with zero attached hydrogens (tertiary/aromatic N) is 1. The molecule has 0 aromatic carbocycles. The number of carboxylic acids is 1. The average Bonchev–Trinajstić information content (AvgIpc) is 2.39. The van der Waals surface area contributed by atoms with Gasteiger partial charge in [0.25, 0.3) is 0 Å². The van der Waals surface area contributed by atoms with Gasteiger partial charge in [0, 0.05) is 18.7 Å². The predicted octanol–water partition coefficient (Wildman–Crippen LogP) is -1.97. The number of hydrogen-bond acceptors (Lipinski definition) is 4. The van der Waals surface area contributed by atoms with Gasteiger partial charge in [0.2, 0.25) is 0 Å². The van der Waals surface area contributed by atoms with Crippen LogP contribution in [-0.2, 0) is 33.6 Å². The van der Waals surface area contributed by atoms with E-state index in [1.807, 2.05) is 0 Å². The molecule has 0 spiro atoms. The van der Waals surface area contributed by atoms with Gasteiger partial charge in [-0.3, -0.25) is 0 Å². The number of carboxylic acid groups (broad SMARTS) is 1. The summed E-state index contributed by atoms with van der Waals surface area (Å²) in [5.41, 5.74) is 5.82. The van der Waals surface area contributed by atoms with Crippen molar-refractivity contribution in [2.24, 2.45) is 5.73 Å². The van der Waals surface area contributed by atoms with E-state index in [1.54, 1.807) is 6.20 Å². The fourth-order valence-electron chi connectivity index (χ4n) is 0.711. The second kappa shape index (κ2) is 5.10. The summed E-state index contributed by atoms with van der Waals surface area (Å²) in [5, 5.41) is 10.2. The molecule has 0 saturated heterocycles. The van der Waals surface area contributed by atoms with Gasteiger partial charge >= 0.3 is 22.4 Å². The number of H-pyrrole nitrogens is 1. The topological polar surface area (TPSA) is 94.8 Å². The Labute approximate surface area is 84.9 Å². The number of hydrogen-bond donors (Lipinski definition) is 2. The number of carbonyl (C=O) groups excluding carboxylic acids is 1. The van der Waals surface area contributed by atoms with Crippen molar-refractivity contribution >= 4 is 5.97 Å². The van der Waals surface area contributed by atoms with Gasteiger partial charge in [0.15, 0.2) is 0 Å². The first kappa shape index (κ1) is 11.4. The van der Waals surface area contributed by atoms with Crippen LogP contribution in [0.3, 0.4) is 0 Å². The molecule has 12 heavy (non-hydrogen) atoms. The molecule has 0 bridgehead atoms. The molecule has 0 aliphatic carbocycles. The van der Waals surface area contributed by atoms with Crippen molar-refractivity contribution in [2.45, 2.75) is 12.5 Å². The van der Waals surface area contributed by atoms with E-state index in [9.17, 15) is 9.90 Å². The SMILES string of the molecule is N[C@@H](Cc1c[nH]cn1)C(=O)[O-].[Ag+]. The number of nitrogens with two attached hydrogens (primary N) is 1. The minimum Gasteiger partial charge on any atom is -0.548 e. The molecule has 5 nitrogen and oxygen atoms in total. The number of rotatable bonds is 3. The van der Waals surface area contributed by atoms with Crippen molar-refractivity contribution in [3.8, 4) is 0 Å². The number of carbonyl (C=O) groups is 1. The van der Waals surface area contributed by atoms with E-state index >= 15 is 0 Å². The van der Waals surface area contributed by atoms with E-state index in [4.69, 9.17) is 5.73 Å². The van der Waals surface area contributed by atoms with Gasteiger partial charge in [0.1, 0.15) is 0 Å². The summed E-state index contributed by atoms with van der Waals surface area (Å²) in [7, 11) is 0. The van der Waals surface area contributed by atoms with Gasteiger partial charge in [-0.1, -0.05) is 0 Å². The van der Waals surface area contributed by atoms with E-state index in [0.29, 0.717) is 5.69 Å². The van der Waals surface area contributed by atoms with Crippen LogP contribution in [-0.4, -0.2) is 22.0 Å². The zero-order chi connectivity index (χ0) is 8.27. The van der Waals surface area contributed by atoms with Crippen LogP contribution in [0.4, 0.5) is 0 Å². The molecular weight excluding hydrogens is 254 g/mol. The van der Waals surface area contributed by atoms with E-state index in [-0.39, 0.29) is 28.8 Å². The smallest absolute Gasteiger partial charge is 0.548 e. The maximum atomic E-state index is 10.2. The third-order valence-corrected chi connectivity index (χ3v) is 1.29. The maximum Gasteiger partial charge on any atom is 1.00 e. The Bertz CT molecular complexity index is 237. The van der Waals surface area contributed by atoms with Gasteiger partial charge in [-0.25, -0.2) is 4.98 Å². The van der Waals surface area contributed by atoms with Crippen LogP contribution in [0.2, 0.25) is 0 Å². The molecule has 0 aliphatic heterocycles. The van der Waals surface area contributed by atoms with Crippen LogP contribution in [0, 0.1) is 0 Å². The first-order chi connectivity index (χ1) is 5.20. The largest absolute Gasteiger partial charge is 1.00 e. The molecule has 1 aromatic heterocycles. The maximum absolute atomic E-state index is 10.2. The number of aromatic amines is 1. The van der Waals surface area contributed by atoms with Crippen LogP contribution in [0.5, 0.6) is 0 Å². The normalized spacial score (nSPS) is 11.8. The molecule has 1 atom stereocenters. The zero-order valence-corrected chi connectivity index (χ0v) is 7.56. The molecular formula is C6H8AgN3O2. The Kier molecular flexibility index (Phi) is 4.84. The number of aromatic nitrogens is 2. The first-order valence-corrected chi connectivity index (χ1v) is 3.14. The van der Waals surface area contributed by atoms with Crippen LogP contribution in [0.15, 0.2) is 12.5 Å². The minimum atomic E-state index is -1.26. The molecule has 6 heteroatoms. The van der Waals surface area contributed by atoms with Crippen LogP contribution < -0.4 is 10.8 Å². The fraction of sp³-hybridized carbons (Fsp3) is 0.333. The van der Waals surface area contributed by atoms with Crippen molar-refractivity contribution < 1.29 is 32.3 Å². The van der Waals surface area contributed by atoms with E-state index in [1.165, 1.54) is 6.33 Å². The van der Waals surface area contributed by atoms with Crippen LogP contribution in [0.1, 0.15) is 5.69 Å². The van der Waals surface area contributed by atoms with Gasteiger partial charge in [-0.05, 0) is 0 Å². The molecule has 1 heterocycles. The number of aliphatic carboxylic acids is 1. The summed E-state index contributed by atoms with van der Waals surface area (Å²) in [5.74, 6) is -1.26. The molecule has 3 N–H and O–H groups in total. The van der Waals surface area contributed by atoms with Crippen molar-refractivity contribution in [3.63, 3.8) is 0 Å². The predicted molar refractivity (Wildman–Crippen MR) is 35.3 cm³/mol. The van der Waals surface area contributed by atoms with Gasteiger partial charge in [0.05, 0.1) is 18.0 Å². The Morgan fingerprint density at radius 2 is 2.50 bits per heavy atom. The standard InChI is InChI=1S/C6H9N3O2.Ag/c7-5(6(10)11)1-4-2-8-3-9-4;/h2-3,5H,1,7H2,(H,8,9)(H,10,11);/q;+1/p-1/t5-;/m0./s1. The summed E-state index contributed by atoms with van der Waals surface area (Å²) in [6, 6.07) is -0.974. The second-order valence-electron chi connectivity index (χ2n) is 2.19. The monoisotopic (exact) mass is 261 g/mol. The Hall–Kier alpha value is -0.620. The van der Waals surface area contributed by atoms with Crippen LogP contribution >= 0.6 is 0 Å². The van der Waals surface area contributed by atoms with Crippen molar-refractivity contribution in [2.75, 3.05) is 0 Å². The molecule has 0 radical (unpaired) electrons. The molecule has 1 rings (SSSR count). The molecule has 0 saturated carbocycles. The minimum absolute atomic E-state index is 0. The fourth-order valence-corrected chi connectivity index (χ4v) is 0.711. The first-order valence-electron chi connectivity index (χ1n) is 3.14. The van der Waals surface area contributed by atoms with Gasteiger partial charge in [-0.15, -0.1) is 0 Å². The number of nitrogens with one attached hydrogen (secondary N) is 1. The molecule has 0 aliphatic rings. The van der Waals surface area contributed by atoms with E-state index in [2.05, 4.69) is 9.97 Å². The summed E-state index contributed by atoms with van der Waals surface area (Å²) in [6.07, 6.45) is 3.27. The quantitative estimate of drug-likeness (QED) is 0.617. The van der Waals surface area contributed by atoms with Crippen LogP contribution in [0.25, 0.3) is 0 Å². The summed E-state index contributed by atoms with van der Waals surface area (Å²) in [4.78, 5) is 16.7. The van der Waals surface area contributed by atoms with Crippen molar-refractivity contribution in [3.05, 3.63) is 18.2 Å².